The Labute approximate surface area is 245 Å². The molecule has 0 amide bonds. The predicted octanol–water partition coefficient (Wildman–Crippen LogP) is 7.28. The Balaban J connectivity index is 1.04. The molecule has 4 nitrogen and oxygen atoms in total. The smallest absolute Gasteiger partial charge is 0.299 e. The minimum absolute atomic E-state index is 0.204. The predicted molar refractivity (Wildman–Crippen MR) is 157 cm³/mol. The molecule has 0 unspecified atom stereocenters. The summed E-state index contributed by atoms with van der Waals surface area (Å²) in [6, 6.07) is 21.6. The standard InChI is InChI=1S/C35H34F3N3O/c36-35(37,38)31-9-5-27(6-10-31)22-41-16-13-29-18-28-7-8-30(19-32(28)33(29)23-41)34(42)17-24-11-14-40(15-12-24)21-26-3-1-25(20-39)2-4-26/h1-10,19,24H,11-18,21-23H2. The number of ketones is 1. The zero-order valence-electron chi connectivity index (χ0n) is 23.6. The summed E-state index contributed by atoms with van der Waals surface area (Å²) in [6.45, 7) is 5.03. The third-order valence-corrected chi connectivity index (χ3v) is 9.06. The third kappa shape index (κ3) is 6.35. The number of carbonyl (C=O) groups excluding carboxylic acids is 1. The lowest BCUT2D eigenvalue weighted by atomic mass is 9.88. The van der Waals surface area contributed by atoms with Gasteiger partial charge in [0.15, 0.2) is 5.78 Å². The van der Waals surface area contributed by atoms with Crippen molar-refractivity contribution < 1.29 is 18.0 Å². The van der Waals surface area contributed by atoms with Crippen molar-refractivity contribution in [1.82, 2.24) is 9.80 Å². The van der Waals surface area contributed by atoms with E-state index in [4.69, 9.17) is 5.26 Å². The highest BCUT2D eigenvalue weighted by atomic mass is 19.4. The molecule has 0 bridgehead atoms. The van der Waals surface area contributed by atoms with Gasteiger partial charge >= 0.3 is 6.18 Å². The molecule has 42 heavy (non-hydrogen) atoms. The minimum atomic E-state index is -4.32. The van der Waals surface area contributed by atoms with Crippen LogP contribution in [0.2, 0.25) is 0 Å². The van der Waals surface area contributed by atoms with Crippen molar-refractivity contribution in [2.45, 2.75) is 51.4 Å². The number of carbonyl (C=O) groups is 1. The summed E-state index contributed by atoms with van der Waals surface area (Å²) in [5, 5.41) is 9.00. The van der Waals surface area contributed by atoms with Gasteiger partial charge in [0.25, 0.3) is 0 Å². The number of hydrogen-bond donors (Lipinski definition) is 0. The van der Waals surface area contributed by atoms with Crippen molar-refractivity contribution in [3.8, 4) is 6.07 Å². The van der Waals surface area contributed by atoms with Crippen molar-refractivity contribution in [3.63, 3.8) is 0 Å². The first-order chi connectivity index (χ1) is 20.2. The van der Waals surface area contributed by atoms with Crippen LogP contribution in [0.4, 0.5) is 13.2 Å². The van der Waals surface area contributed by atoms with Crippen molar-refractivity contribution in [2.24, 2.45) is 5.92 Å². The SMILES string of the molecule is N#Cc1ccc(CN2CCC(CC(=O)c3ccc4c(c3)C3=C(CCN(Cc5ccc(C(F)(F)F)cc5)C3)C4)CC2)cc1. The molecule has 0 saturated carbocycles. The van der Waals surface area contributed by atoms with E-state index < -0.39 is 11.7 Å². The molecular formula is C35H34F3N3O. The quantitative estimate of drug-likeness (QED) is 0.281. The van der Waals surface area contributed by atoms with E-state index in [1.54, 1.807) is 12.1 Å². The van der Waals surface area contributed by atoms with Gasteiger partial charge in [-0.15, -0.1) is 0 Å². The maximum Gasteiger partial charge on any atom is 0.416 e. The molecule has 0 spiro atoms. The monoisotopic (exact) mass is 569 g/mol. The summed E-state index contributed by atoms with van der Waals surface area (Å²) in [5.41, 5.74) is 8.06. The number of likely N-dealkylation sites (tertiary alicyclic amines) is 1. The van der Waals surface area contributed by atoms with Crippen LogP contribution in [0.15, 0.2) is 72.3 Å². The number of hydrogen-bond acceptors (Lipinski definition) is 4. The highest BCUT2D eigenvalue weighted by molar-refractivity contribution is 5.97. The second-order valence-corrected chi connectivity index (χ2v) is 11.9. The van der Waals surface area contributed by atoms with Crippen LogP contribution in [0, 0.1) is 17.2 Å². The van der Waals surface area contributed by atoms with E-state index in [1.165, 1.54) is 27.8 Å². The van der Waals surface area contributed by atoms with Gasteiger partial charge in [-0.05, 0) is 103 Å². The van der Waals surface area contributed by atoms with Crippen molar-refractivity contribution in [2.75, 3.05) is 26.2 Å². The molecule has 0 aromatic heterocycles. The highest BCUT2D eigenvalue weighted by Crippen LogP contribution is 2.39. The van der Waals surface area contributed by atoms with E-state index in [0.717, 1.165) is 81.7 Å². The normalized spacial score (nSPS) is 18.0. The summed E-state index contributed by atoms with van der Waals surface area (Å²) >= 11 is 0. The van der Waals surface area contributed by atoms with Gasteiger partial charge in [-0.2, -0.15) is 18.4 Å². The Hall–Kier alpha value is -3.73. The van der Waals surface area contributed by atoms with Gasteiger partial charge < -0.3 is 0 Å². The average Bonchev–Trinajstić information content (AvgIpc) is 3.35. The maximum absolute atomic E-state index is 13.4. The molecule has 0 N–H and O–H groups in total. The van der Waals surface area contributed by atoms with Crippen LogP contribution in [-0.4, -0.2) is 41.8 Å². The molecule has 1 saturated heterocycles. The summed E-state index contributed by atoms with van der Waals surface area (Å²) in [5.74, 6) is 0.585. The van der Waals surface area contributed by atoms with Gasteiger partial charge in [0.2, 0.25) is 0 Å². The van der Waals surface area contributed by atoms with Crippen LogP contribution < -0.4 is 0 Å². The van der Waals surface area contributed by atoms with Gasteiger partial charge in [0.05, 0.1) is 17.2 Å². The third-order valence-electron chi connectivity index (χ3n) is 9.06. The lowest BCUT2D eigenvalue weighted by Crippen LogP contribution is -2.33. The number of benzene rings is 3. The first-order valence-electron chi connectivity index (χ1n) is 14.7. The molecule has 1 fully saturated rings. The number of halogens is 3. The summed E-state index contributed by atoms with van der Waals surface area (Å²) in [6.07, 6.45) is 0.105. The van der Waals surface area contributed by atoms with Gasteiger partial charge in [-0.25, -0.2) is 0 Å². The summed E-state index contributed by atoms with van der Waals surface area (Å²) < 4.78 is 38.8. The minimum Gasteiger partial charge on any atom is -0.299 e. The average molecular weight is 570 g/mol. The van der Waals surface area contributed by atoms with Gasteiger partial charge in [-0.3, -0.25) is 14.6 Å². The second-order valence-electron chi connectivity index (χ2n) is 11.9. The van der Waals surface area contributed by atoms with Gasteiger partial charge in [0, 0.05) is 38.2 Å². The van der Waals surface area contributed by atoms with Crippen LogP contribution in [0.3, 0.4) is 0 Å². The molecule has 2 heterocycles. The summed E-state index contributed by atoms with van der Waals surface area (Å²) in [4.78, 5) is 18.1. The zero-order chi connectivity index (χ0) is 29.3. The zero-order valence-corrected chi connectivity index (χ0v) is 23.6. The van der Waals surface area contributed by atoms with E-state index in [1.807, 2.05) is 30.3 Å². The number of fused-ring (bicyclic) bond motifs is 2. The van der Waals surface area contributed by atoms with Gasteiger partial charge in [-0.1, -0.05) is 42.0 Å². The molecule has 0 atom stereocenters. The van der Waals surface area contributed by atoms with Gasteiger partial charge in [0.1, 0.15) is 0 Å². The van der Waals surface area contributed by atoms with Crippen molar-refractivity contribution in [1.29, 1.82) is 5.26 Å². The van der Waals surface area contributed by atoms with Crippen LogP contribution >= 0.6 is 0 Å². The van der Waals surface area contributed by atoms with E-state index in [9.17, 15) is 18.0 Å². The number of rotatable bonds is 7. The molecule has 1 aliphatic carbocycles. The van der Waals surface area contributed by atoms with Crippen LogP contribution in [0.5, 0.6) is 0 Å². The Morgan fingerprint density at radius 2 is 1.55 bits per heavy atom. The lowest BCUT2D eigenvalue weighted by molar-refractivity contribution is -0.137. The fourth-order valence-corrected chi connectivity index (χ4v) is 6.61. The molecule has 6 rings (SSSR count). The van der Waals surface area contributed by atoms with E-state index in [-0.39, 0.29) is 5.78 Å². The van der Waals surface area contributed by atoms with Crippen LogP contribution in [0.25, 0.3) is 5.57 Å². The topological polar surface area (TPSA) is 47.3 Å². The lowest BCUT2D eigenvalue weighted by Gasteiger charge is -2.31. The number of alkyl halides is 3. The molecule has 216 valence electrons. The highest BCUT2D eigenvalue weighted by Gasteiger charge is 2.31. The van der Waals surface area contributed by atoms with E-state index in [2.05, 4.69) is 28.0 Å². The van der Waals surface area contributed by atoms with Crippen molar-refractivity contribution >= 4 is 11.4 Å². The molecule has 2 aliphatic heterocycles. The Morgan fingerprint density at radius 1 is 0.881 bits per heavy atom. The maximum atomic E-state index is 13.4. The fraction of sp³-hybridized carbons (Fsp3) is 0.371. The Morgan fingerprint density at radius 3 is 2.21 bits per heavy atom. The number of nitriles is 1. The molecule has 3 aliphatic rings. The van der Waals surface area contributed by atoms with Crippen molar-refractivity contribution in [3.05, 3.63) is 111 Å². The Kier molecular flexibility index (Phi) is 8.02. The van der Waals surface area contributed by atoms with E-state index in [0.29, 0.717) is 24.4 Å². The number of nitrogens with zero attached hydrogens (tertiary/aromatic N) is 3. The number of Topliss-reactive ketones (excluding diaryl/α,β-unsaturated/α-hetero) is 1. The molecule has 3 aromatic rings. The fourth-order valence-electron chi connectivity index (χ4n) is 6.61. The molecular weight excluding hydrogens is 535 g/mol. The molecule has 7 heteroatoms. The first-order valence-corrected chi connectivity index (χ1v) is 14.7. The van der Waals surface area contributed by atoms with E-state index >= 15 is 0 Å². The Bertz CT molecular complexity index is 1530. The molecule has 0 radical (unpaired) electrons. The van der Waals surface area contributed by atoms with Crippen LogP contribution in [-0.2, 0) is 25.7 Å². The van der Waals surface area contributed by atoms with Crippen LogP contribution in [0.1, 0.15) is 69.4 Å². The summed E-state index contributed by atoms with van der Waals surface area (Å²) in [7, 11) is 0. The first kappa shape index (κ1) is 28.4. The largest absolute Gasteiger partial charge is 0.416 e. The molecule has 3 aromatic carbocycles. The number of piperidine rings is 1. The second kappa shape index (κ2) is 11.9.